The summed E-state index contributed by atoms with van der Waals surface area (Å²) in [5.74, 6) is -1.16. The third-order valence-electron chi connectivity index (χ3n) is 2.66. The van der Waals surface area contributed by atoms with Crippen LogP contribution in [-0.4, -0.2) is 45.7 Å². The van der Waals surface area contributed by atoms with Crippen LogP contribution in [0.3, 0.4) is 0 Å². The van der Waals surface area contributed by atoms with Gasteiger partial charge in [-0.1, -0.05) is 6.92 Å². The van der Waals surface area contributed by atoms with Crippen LogP contribution in [0.15, 0.2) is 29.4 Å². The van der Waals surface area contributed by atoms with Gasteiger partial charge in [0.05, 0.1) is 11.7 Å². The highest BCUT2D eigenvalue weighted by Gasteiger charge is 2.19. The Kier molecular flexibility index (Phi) is 6.35. The number of aromatic nitrogens is 1. The number of thioether (sulfide) groups is 1. The molecule has 6 heteroatoms. The first kappa shape index (κ1) is 15.5. The maximum Gasteiger partial charge on any atom is 0.308 e. The summed E-state index contributed by atoms with van der Waals surface area (Å²) < 4.78 is 0. The van der Waals surface area contributed by atoms with E-state index in [4.69, 9.17) is 5.11 Å². The molecular formula is C13H18N2O3S. The number of carbonyl (C=O) groups is 2. The van der Waals surface area contributed by atoms with Crippen molar-refractivity contribution in [1.82, 2.24) is 9.88 Å². The van der Waals surface area contributed by atoms with Crippen LogP contribution in [-0.2, 0) is 9.59 Å². The van der Waals surface area contributed by atoms with Crippen molar-refractivity contribution >= 4 is 23.6 Å². The molecule has 1 aromatic heterocycles. The smallest absolute Gasteiger partial charge is 0.308 e. The van der Waals surface area contributed by atoms with Crippen LogP contribution in [0.5, 0.6) is 0 Å². The van der Waals surface area contributed by atoms with Gasteiger partial charge in [-0.2, -0.15) is 0 Å². The minimum Gasteiger partial charge on any atom is -0.481 e. The molecule has 1 heterocycles. The Hall–Kier alpha value is -1.56. The highest BCUT2D eigenvalue weighted by molar-refractivity contribution is 8.00. The molecule has 0 aromatic carbocycles. The number of carboxylic acids is 1. The number of amides is 1. The molecule has 0 radical (unpaired) electrons. The molecule has 0 fully saturated rings. The summed E-state index contributed by atoms with van der Waals surface area (Å²) in [6.45, 7) is 4.23. The molecule has 0 bridgehead atoms. The molecule has 104 valence electrons. The standard InChI is InChI=1S/C13H18N2O3S/c1-3-15(8-10(2)13(17)18)12(16)9-19-11-4-6-14-7-5-11/h4-7,10H,3,8-9H2,1-2H3,(H,17,18). The number of rotatable bonds is 7. The van der Waals surface area contributed by atoms with E-state index >= 15 is 0 Å². The SMILES string of the molecule is CCN(CC(C)C(=O)O)C(=O)CSc1ccncc1. The Labute approximate surface area is 117 Å². The summed E-state index contributed by atoms with van der Waals surface area (Å²) in [6.07, 6.45) is 3.35. The summed E-state index contributed by atoms with van der Waals surface area (Å²) in [5.41, 5.74) is 0. The number of hydrogen-bond acceptors (Lipinski definition) is 4. The van der Waals surface area contributed by atoms with Crippen LogP contribution < -0.4 is 0 Å². The third-order valence-corrected chi connectivity index (χ3v) is 3.66. The topological polar surface area (TPSA) is 70.5 Å². The monoisotopic (exact) mass is 282 g/mol. The maximum atomic E-state index is 12.0. The zero-order valence-electron chi connectivity index (χ0n) is 11.1. The second-order valence-electron chi connectivity index (χ2n) is 4.14. The summed E-state index contributed by atoms with van der Waals surface area (Å²) in [6, 6.07) is 3.68. The fourth-order valence-corrected chi connectivity index (χ4v) is 2.27. The first-order chi connectivity index (χ1) is 9.04. The highest BCUT2D eigenvalue weighted by Crippen LogP contribution is 2.17. The van der Waals surface area contributed by atoms with Crippen molar-refractivity contribution in [1.29, 1.82) is 0 Å². The number of carboxylic acid groups (broad SMARTS) is 1. The van der Waals surface area contributed by atoms with Crippen molar-refractivity contribution in [2.24, 2.45) is 5.92 Å². The van der Waals surface area contributed by atoms with E-state index in [0.29, 0.717) is 12.3 Å². The van der Waals surface area contributed by atoms with Crippen molar-refractivity contribution in [3.8, 4) is 0 Å². The maximum absolute atomic E-state index is 12.0. The van der Waals surface area contributed by atoms with E-state index in [9.17, 15) is 9.59 Å². The second kappa shape index (κ2) is 7.78. The molecule has 1 unspecified atom stereocenters. The molecule has 0 aliphatic rings. The molecule has 1 atom stereocenters. The van der Waals surface area contributed by atoms with Crippen molar-refractivity contribution in [2.75, 3.05) is 18.8 Å². The van der Waals surface area contributed by atoms with E-state index in [-0.39, 0.29) is 12.5 Å². The van der Waals surface area contributed by atoms with Crippen molar-refractivity contribution in [3.05, 3.63) is 24.5 Å². The average Bonchev–Trinajstić information content (AvgIpc) is 2.42. The quantitative estimate of drug-likeness (QED) is 0.771. The van der Waals surface area contributed by atoms with Gasteiger partial charge in [0, 0.05) is 30.4 Å². The molecule has 0 saturated heterocycles. The van der Waals surface area contributed by atoms with Crippen LogP contribution in [0.2, 0.25) is 0 Å². The lowest BCUT2D eigenvalue weighted by Gasteiger charge is -2.22. The van der Waals surface area contributed by atoms with Crippen LogP contribution in [0, 0.1) is 5.92 Å². The van der Waals surface area contributed by atoms with E-state index in [1.807, 2.05) is 19.1 Å². The predicted octanol–water partition coefficient (Wildman–Crippen LogP) is 1.74. The molecule has 5 nitrogen and oxygen atoms in total. The minimum absolute atomic E-state index is 0.0441. The van der Waals surface area contributed by atoms with Crippen LogP contribution in [0.25, 0.3) is 0 Å². The van der Waals surface area contributed by atoms with Gasteiger partial charge in [-0.05, 0) is 19.1 Å². The number of hydrogen-bond donors (Lipinski definition) is 1. The molecule has 19 heavy (non-hydrogen) atoms. The molecular weight excluding hydrogens is 264 g/mol. The van der Waals surface area contributed by atoms with Gasteiger partial charge in [-0.3, -0.25) is 14.6 Å². The Morgan fingerprint density at radius 2 is 2.05 bits per heavy atom. The molecule has 1 amide bonds. The summed E-state index contributed by atoms with van der Waals surface area (Å²) >= 11 is 1.43. The first-order valence-corrected chi connectivity index (χ1v) is 7.06. The van der Waals surface area contributed by atoms with Gasteiger partial charge in [-0.15, -0.1) is 11.8 Å². The van der Waals surface area contributed by atoms with Gasteiger partial charge in [0.15, 0.2) is 0 Å². The summed E-state index contributed by atoms with van der Waals surface area (Å²) in [7, 11) is 0. The number of aliphatic carboxylic acids is 1. The Balaban J connectivity index is 2.48. The molecule has 1 aromatic rings. The average molecular weight is 282 g/mol. The number of pyridine rings is 1. The minimum atomic E-state index is -0.881. The van der Waals surface area contributed by atoms with Gasteiger partial charge in [0.2, 0.25) is 5.91 Å². The van der Waals surface area contributed by atoms with E-state index in [2.05, 4.69) is 4.98 Å². The number of carbonyl (C=O) groups excluding carboxylic acids is 1. The van der Waals surface area contributed by atoms with E-state index in [1.54, 1.807) is 24.2 Å². The van der Waals surface area contributed by atoms with Crippen LogP contribution in [0.4, 0.5) is 0 Å². The molecule has 0 aliphatic heterocycles. The lowest BCUT2D eigenvalue weighted by Crippen LogP contribution is -2.37. The van der Waals surface area contributed by atoms with E-state index < -0.39 is 11.9 Å². The zero-order valence-corrected chi connectivity index (χ0v) is 11.9. The first-order valence-electron chi connectivity index (χ1n) is 6.08. The van der Waals surface area contributed by atoms with E-state index in [1.165, 1.54) is 11.8 Å². The summed E-state index contributed by atoms with van der Waals surface area (Å²) in [4.78, 5) is 29.3. The fourth-order valence-electron chi connectivity index (χ4n) is 1.49. The molecule has 0 spiro atoms. The highest BCUT2D eigenvalue weighted by atomic mass is 32.2. The van der Waals surface area contributed by atoms with Crippen molar-refractivity contribution in [2.45, 2.75) is 18.7 Å². The Bertz CT molecular complexity index is 425. The molecule has 0 saturated carbocycles. The molecule has 0 aliphatic carbocycles. The predicted molar refractivity (Wildman–Crippen MR) is 74.0 cm³/mol. The molecule has 1 rings (SSSR count). The lowest BCUT2D eigenvalue weighted by atomic mass is 10.2. The number of nitrogens with zero attached hydrogens (tertiary/aromatic N) is 2. The largest absolute Gasteiger partial charge is 0.481 e. The normalized spacial score (nSPS) is 11.9. The van der Waals surface area contributed by atoms with Gasteiger partial charge in [-0.25, -0.2) is 0 Å². The second-order valence-corrected chi connectivity index (χ2v) is 5.19. The van der Waals surface area contributed by atoms with Gasteiger partial charge < -0.3 is 10.0 Å². The van der Waals surface area contributed by atoms with Gasteiger partial charge in [0.25, 0.3) is 0 Å². The van der Waals surface area contributed by atoms with E-state index in [0.717, 1.165) is 4.90 Å². The Morgan fingerprint density at radius 1 is 1.42 bits per heavy atom. The van der Waals surface area contributed by atoms with Crippen molar-refractivity contribution < 1.29 is 14.7 Å². The molecule has 1 N–H and O–H groups in total. The van der Waals surface area contributed by atoms with Crippen molar-refractivity contribution in [3.63, 3.8) is 0 Å². The third kappa shape index (κ3) is 5.30. The van der Waals surface area contributed by atoms with Crippen LogP contribution >= 0.6 is 11.8 Å². The van der Waals surface area contributed by atoms with Crippen LogP contribution in [0.1, 0.15) is 13.8 Å². The summed E-state index contributed by atoms with van der Waals surface area (Å²) in [5, 5.41) is 8.87. The lowest BCUT2D eigenvalue weighted by molar-refractivity contribution is -0.142. The fraction of sp³-hybridized carbons (Fsp3) is 0.462. The zero-order chi connectivity index (χ0) is 14.3. The van der Waals surface area contributed by atoms with Gasteiger partial charge >= 0.3 is 5.97 Å². The Morgan fingerprint density at radius 3 is 2.58 bits per heavy atom. The van der Waals surface area contributed by atoms with Gasteiger partial charge in [0.1, 0.15) is 0 Å².